The zero-order chi connectivity index (χ0) is 20.1. The minimum absolute atomic E-state index is 0.0743. The molecule has 29 heavy (non-hydrogen) atoms. The Hall–Kier alpha value is -2.71. The van der Waals surface area contributed by atoms with E-state index in [-0.39, 0.29) is 11.9 Å². The quantitative estimate of drug-likeness (QED) is 0.429. The van der Waals surface area contributed by atoms with E-state index in [2.05, 4.69) is 15.5 Å². The minimum Gasteiger partial charge on any atom is -0.486 e. The van der Waals surface area contributed by atoms with E-state index < -0.39 is 0 Å². The van der Waals surface area contributed by atoms with Crippen LogP contribution in [0.15, 0.2) is 51.8 Å². The standard InChI is InChI=1S/C20H18ClN3O4S/c21-14-4-6-15(7-5-14)29-11-1-2-18(25)22-20-24-23-19(28-20)13-3-8-16-17(12-13)27-10-9-26-16/h3-8,12H,1-2,9-11H2,(H,22,24,25). The van der Waals surface area contributed by atoms with Crippen LogP contribution in [0.25, 0.3) is 11.5 Å². The molecule has 0 bridgehead atoms. The third kappa shape index (κ3) is 5.21. The third-order valence-electron chi connectivity index (χ3n) is 4.09. The number of fused-ring (bicyclic) bond motifs is 1. The van der Waals surface area contributed by atoms with E-state index in [1.165, 1.54) is 0 Å². The summed E-state index contributed by atoms with van der Waals surface area (Å²) in [5.41, 5.74) is 0.696. The van der Waals surface area contributed by atoms with Gasteiger partial charge in [-0.2, -0.15) is 0 Å². The summed E-state index contributed by atoms with van der Waals surface area (Å²) in [6.07, 6.45) is 1.09. The Kier molecular flexibility index (Phi) is 6.21. The molecule has 150 valence electrons. The highest BCUT2D eigenvalue weighted by molar-refractivity contribution is 7.99. The van der Waals surface area contributed by atoms with Crippen molar-refractivity contribution in [1.82, 2.24) is 10.2 Å². The van der Waals surface area contributed by atoms with Crippen LogP contribution in [0, 0.1) is 0 Å². The van der Waals surface area contributed by atoms with Gasteiger partial charge in [0.25, 0.3) is 0 Å². The van der Waals surface area contributed by atoms with E-state index in [9.17, 15) is 4.79 Å². The van der Waals surface area contributed by atoms with Gasteiger partial charge in [0, 0.05) is 21.9 Å². The largest absolute Gasteiger partial charge is 0.486 e. The molecule has 0 spiro atoms. The summed E-state index contributed by atoms with van der Waals surface area (Å²) in [5, 5.41) is 11.2. The lowest BCUT2D eigenvalue weighted by Crippen LogP contribution is -2.15. The number of halogens is 1. The fraction of sp³-hybridized carbons (Fsp3) is 0.250. The third-order valence-corrected chi connectivity index (χ3v) is 5.44. The fourth-order valence-electron chi connectivity index (χ4n) is 2.70. The first kappa shape index (κ1) is 19.6. The van der Waals surface area contributed by atoms with Crippen LogP contribution in [0.4, 0.5) is 6.01 Å². The molecule has 4 rings (SSSR count). The van der Waals surface area contributed by atoms with E-state index in [1.807, 2.05) is 24.3 Å². The van der Waals surface area contributed by atoms with Crippen molar-refractivity contribution in [2.75, 3.05) is 24.3 Å². The maximum absolute atomic E-state index is 12.1. The Labute approximate surface area is 176 Å². The fourth-order valence-corrected chi connectivity index (χ4v) is 3.68. The normalized spacial score (nSPS) is 12.6. The Morgan fingerprint density at radius 3 is 2.69 bits per heavy atom. The highest BCUT2D eigenvalue weighted by atomic mass is 35.5. The van der Waals surface area contributed by atoms with E-state index in [4.69, 9.17) is 25.5 Å². The zero-order valence-corrected chi connectivity index (χ0v) is 17.0. The van der Waals surface area contributed by atoms with E-state index >= 15 is 0 Å². The zero-order valence-electron chi connectivity index (χ0n) is 15.4. The molecule has 0 aliphatic carbocycles. The topological polar surface area (TPSA) is 86.5 Å². The van der Waals surface area contributed by atoms with Crippen molar-refractivity contribution in [3.8, 4) is 23.0 Å². The molecule has 0 fully saturated rings. The molecule has 0 unspecified atom stereocenters. The van der Waals surface area contributed by atoms with Crippen molar-refractivity contribution in [2.24, 2.45) is 0 Å². The Morgan fingerprint density at radius 1 is 1.07 bits per heavy atom. The van der Waals surface area contributed by atoms with Gasteiger partial charge in [0.15, 0.2) is 11.5 Å². The molecule has 1 aromatic heterocycles. The van der Waals surface area contributed by atoms with Gasteiger partial charge in [0.1, 0.15) is 13.2 Å². The van der Waals surface area contributed by atoms with Crippen molar-refractivity contribution in [2.45, 2.75) is 17.7 Å². The number of amides is 1. The van der Waals surface area contributed by atoms with Crippen LogP contribution in [-0.4, -0.2) is 35.1 Å². The van der Waals surface area contributed by atoms with Gasteiger partial charge in [-0.15, -0.1) is 16.9 Å². The van der Waals surface area contributed by atoms with Crippen LogP contribution in [0.1, 0.15) is 12.8 Å². The first-order valence-electron chi connectivity index (χ1n) is 9.09. The molecule has 0 radical (unpaired) electrons. The molecule has 1 aliphatic rings. The lowest BCUT2D eigenvalue weighted by Gasteiger charge is -2.18. The number of benzene rings is 2. The van der Waals surface area contributed by atoms with Crippen molar-refractivity contribution in [1.29, 1.82) is 0 Å². The SMILES string of the molecule is O=C(CCCSc1ccc(Cl)cc1)Nc1nnc(-c2ccc3c(c2)OCCO3)o1. The number of nitrogens with one attached hydrogen (secondary N) is 1. The Bertz CT molecular complexity index is 994. The summed E-state index contributed by atoms with van der Waals surface area (Å²) in [6.45, 7) is 1.03. The summed E-state index contributed by atoms with van der Waals surface area (Å²) in [7, 11) is 0. The van der Waals surface area contributed by atoms with E-state index in [0.29, 0.717) is 47.6 Å². The molecule has 0 atom stereocenters. The molecule has 0 saturated heterocycles. The number of thioether (sulfide) groups is 1. The first-order valence-corrected chi connectivity index (χ1v) is 10.5. The lowest BCUT2D eigenvalue weighted by atomic mass is 10.2. The second kappa shape index (κ2) is 9.19. The molecule has 1 amide bonds. The number of carbonyl (C=O) groups excluding carboxylic acids is 1. The van der Waals surface area contributed by atoms with Crippen molar-refractivity contribution in [3.63, 3.8) is 0 Å². The summed E-state index contributed by atoms with van der Waals surface area (Å²) in [4.78, 5) is 13.2. The van der Waals surface area contributed by atoms with E-state index in [0.717, 1.165) is 17.1 Å². The minimum atomic E-state index is -0.168. The van der Waals surface area contributed by atoms with Gasteiger partial charge >= 0.3 is 6.01 Å². The highest BCUT2D eigenvalue weighted by Crippen LogP contribution is 2.34. The number of aromatic nitrogens is 2. The predicted molar refractivity (Wildman–Crippen MR) is 111 cm³/mol. The van der Waals surface area contributed by atoms with Gasteiger partial charge in [0.05, 0.1) is 0 Å². The molecular weight excluding hydrogens is 414 g/mol. The maximum Gasteiger partial charge on any atom is 0.322 e. The number of ether oxygens (including phenoxy) is 2. The summed E-state index contributed by atoms with van der Waals surface area (Å²) in [5.74, 6) is 2.27. The Morgan fingerprint density at radius 2 is 1.86 bits per heavy atom. The number of rotatable bonds is 7. The molecular formula is C20H18ClN3O4S. The molecule has 3 aromatic rings. The average Bonchev–Trinajstić information content (AvgIpc) is 3.20. The Balaban J connectivity index is 1.26. The van der Waals surface area contributed by atoms with Crippen LogP contribution in [0.5, 0.6) is 11.5 Å². The van der Waals surface area contributed by atoms with Gasteiger partial charge in [-0.1, -0.05) is 16.7 Å². The van der Waals surface area contributed by atoms with Crippen LogP contribution >= 0.6 is 23.4 Å². The summed E-state index contributed by atoms with van der Waals surface area (Å²) >= 11 is 7.55. The average molecular weight is 432 g/mol. The van der Waals surface area contributed by atoms with Gasteiger partial charge in [-0.3, -0.25) is 10.1 Å². The lowest BCUT2D eigenvalue weighted by molar-refractivity contribution is -0.116. The van der Waals surface area contributed by atoms with Gasteiger partial charge in [0.2, 0.25) is 11.8 Å². The van der Waals surface area contributed by atoms with Crippen LogP contribution in [-0.2, 0) is 4.79 Å². The summed E-state index contributed by atoms with van der Waals surface area (Å²) in [6, 6.07) is 13.1. The van der Waals surface area contributed by atoms with Gasteiger partial charge in [-0.05, 0) is 54.6 Å². The van der Waals surface area contributed by atoms with Crippen molar-refractivity contribution in [3.05, 3.63) is 47.5 Å². The van der Waals surface area contributed by atoms with Crippen LogP contribution in [0.3, 0.4) is 0 Å². The second-order valence-corrected chi connectivity index (χ2v) is 7.83. The number of anilines is 1. The van der Waals surface area contributed by atoms with Gasteiger partial charge in [-0.25, -0.2) is 0 Å². The monoisotopic (exact) mass is 431 g/mol. The molecule has 2 aromatic carbocycles. The number of nitrogens with zero attached hydrogens (tertiary/aromatic N) is 2. The molecule has 1 aliphatic heterocycles. The first-order chi connectivity index (χ1) is 14.2. The van der Waals surface area contributed by atoms with Crippen molar-refractivity contribution < 1.29 is 18.7 Å². The maximum atomic E-state index is 12.1. The van der Waals surface area contributed by atoms with Crippen LogP contribution < -0.4 is 14.8 Å². The number of hydrogen-bond donors (Lipinski definition) is 1. The smallest absolute Gasteiger partial charge is 0.322 e. The molecule has 9 heteroatoms. The second-order valence-electron chi connectivity index (χ2n) is 6.22. The molecule has 1 N–H and O–H groups in total. The van der Waals surface area contributed by atoms with E-state index in [1.54, 1.807) is 30.0 Å². The number of carbonyl (C=O) groups is 1. The van der Waals surface area contributed by atoms with Crippen molar-refractivity contribution >= 4 is 35.3 Å². The van der Waals surface area contributed by atoms with Gasteiger partial charge < -0.3 is 13.9 Å². The predicted octanol–water partition coefficient (Wildman–Crippen LogP) is 4.67. The highest BCUT2D eigenvalue weighted by Gasteiger charge is 2.16. The summed E-state index contributed by atoms with van der Waals surface area (Å²) < 4.78 is 16.6. The molecule has 7 nitrogen and oxygen atoms in total. The molecule has 0 saturated carbocycles. The molecule has 2 heterocycles. The van der Waals surface area contributed by atoms with Crippen LogP contribution in [0.2, 0.25) is 5.02 Å². The number of hydrogen-bond acceptors (Lipinski definition) is 7.